The first kappa shape index (κ1) is 12.6. The van der Waals surface area contributed by atoms with Crippen molar-refractivity contribution < 1.29 is 4.79 Å². The van der Waals surface area contributed by atoms with Gasteiger partial charge < -0.3 is 0 Å². The Morgan fingerprint density at radius 1 is 1.47 bits per heavy atom. The fourth-order valence-electron chi connectivity index (χ4n) is 1.17. The zero-order valence-corrected chi connectivity index (χ0v) is 10.6. The second-order valence-corrected chi connectivity index (χ2v) is 5.40. The summed E-state index contributed by atoms with van der Waals surface area (Å²) in [6, 6.07) is 8.00. The third-order valence-electron chi connectivity index (χ3n) is 1.82. The van der Waals surface area contributed by atoms with E-state index in [1.54, 1.807) is 0 Å². The number of benzene rings is 1. The Morgan fingerprint density at radius 3 is 2.80 bits per heavy atom. The van der Waals surface area contributed by atoms with E-state index >= 15 is 0 Å². The van der Waals surface area contributed by atoms with Crippen LogP contribution in [0.2, 0.25) is 0 Å². The Kier molecular flexibility index (Phi) is 5.20. The summed E-state index contributed by atoms with van der Waals surface area (Å²) in [5, 5.41) is -0.305. The maximum Gasteiger partial charge on any atom is 0.226 e. The quantitative estimate of drug-likeness (QED) is 0.578. The fourth-order valence-corrected chi connectivity index (χ4v) is 2.26. The van der Waals surface area contributed by atoms with Crippen LogP contribution in [-0.2, 0) is 11.2 Å². The van der Waals surface area contributed by atoms with Crippen molar-refractivity contribution in [2.75, 3.05) is 5.75 Å². The molecule has 1 aromatic rings. The van der Waals surface area contributed by atoms with Crippen LogP contribution in [0.4, 0.5) is 0 Å². The highest BCUT2D eigenvalue weighted by atomic mass is 35.5. The number of carbonyl (C=O) groups is 1. The molecule has 0 saturated heterocycles. The molecule has 0 atom stereocenters. The molecule has 1 rings (SSSR count). The monoisotopic (exact) mass is 242 g/mol. The van der Waals surface area contributed by atoms with Crippen LogP contribution in [0.15, 0.2) is 29.2 Å². The van der Waals surface area contributed by atoms with Crippen molar-refractivity contribution in [3.05, 3.63) is 29.8 Å². The summed E-state index contributed by atoms with van der Waals surface area (Å²) in [6.07, 6.45) is 0.317. The highest BCUT2D eigenvalue weighted by Gasteiger charge is 2.02. The molecule has 0 amide bonds. The second kappa shape index (κ2) is 6.19. The van der Waals surface area contributed by atoms with Crippen LogP contribution in [-0.4, -0.2) is 11.0 Å². The van der Waals surface area contributed by atoms with Gasteiger partial charge in [0.25, 0.3) is 0 Å². The zero-order valence-electron chi connectivity index (χ0n) is 9.00. The van der Waals surface area contributed by atoms with Crippen molar-refractivity contribution in [1.82, 2.24) is 0 Å². The molecule has 0 aromatic heterocycles. The molecule has 0 bridgehead atoms. The van der Waals surface area contributed by atoms with Crippen molar-refractivity contribution in [2.24, 2.45) is 5.92 Å². The standard InChI is InChI=1S/C12H15ClOS/c1-9(2)8-15-11-5-3-4-10(6-11)7-12(13)14/h3-6,9H,7-8H2,1-2H3. The lowest BCUT2D eigenvalue weighted by Crippen LogP contribution is -1.94. The van der Waals surface area contributed by atoms with Crippen LogP contribution in [0.1, 0.15) is 19.4 Å². The van der Waals surface area contributed by atoms with Gasteiger partial charge in [-0.25, -0.2) is 0 Å². The number of hydrogen-bond acceptors (Lipinski definition) is 2. The molecular formula is C12H15ClOS. The fraction of sp³-hybridized carbons (Fsp3) is 0.417. The summed E-state index contributed by atoms with van der Waals surface area (Å²) in [7, 11) is 0. The molecule has 0 N–H and O–H groups in total. The lowest BCUT2D eigenvalue weighted by Gasteiger charge is -2.05. The Balaban J connectivity index is 2.61. The first-order valence-electron chi connectivity index (χ1n) is 4.98. The molecule has 0 aliphatic carbocycles. The van der Waals surface area contributed by atoms with E-state index in [0.29, 0.717) is 12.3 Å². The Morgan fingerprint density at radius 2 is 2.20 bits per heavy atom. The van der Waals surface area contributed by atoms with E-state index in [1.165, 1.54) is 4.90 Å². The van der Waals surface area contributed by atoms with Gasteiger partial charge >= 0.3 is 0 Å². The van der Waals surface area contributed by atoms with E-state index < -0.39 is 0 Å². The lowest BCUT2D eigenvalue weighted by atomic mass is 10.2. The van der Waals surface area contributed by atoms with E-state index in [-0.39, 0.29) is 5.24 Å². The van der Waals surface area contributed by atoms with Gasteiger partial charge in [0.15, 0.2) is 0 Å². The number of hydrogen-bond donors (Lipinski definition) is 0. The van der Waals surface area contributed by atoms with E-state index in [0.717, 1.165) is 11.3 Å². The molecule has 0 saturated carbocycles. The average molecular weight is 243 g/mol. The van der Waals surface area contributed by atoms with Gasteiger partial charge in [-0.1, -0.05) is 26.0 Å². The van der Waals surface area contributed by atoms with Crippen LogP contribution in [0, 0.1) is 5.92 Å². The predicted molar refractivity (Wildman–Crippen MR) is 66.6 cm³/mol. The molecule has 15 heavy (non-hydrogen) atoms. The molecule has 0 aliphatic rings. The molecule has 0 aliphatic heterocycles. The summed E-state index contributed by atoms with van der Waals surface area (Å²) in [6.45, 7) is 4.39. The molecule has 0 heterocycles. The molecule has 0 unspecified atom stereocenters. The highest BCUT2D eigenvalue weighted by molar-refractivity contribution is 7.99. The van der Waals surface area contributed by atoms with Gasteiger partial charge in [-0.15, -0.1) is 11.8 Å². The van der Waals surface area contributed by atoms with Crippen molar-refractivity contribution in [3.8, 4) is 0 Å². The molecule has 0 radical (unpaired) electrons. The minimum absolute atomic E-state index is 0.305. The molecule has 3 heteroatoms. The molecule has 0 spiro atoms. The van der Waals surface area contributed by atoms with E-state index in [1.807, 2.05) is 30.0 Å². The van der Waals surface area contributed by atoms with Crippen LogP contribution in [0.5, 0.6) is 0 Å². The highest BCUT2D eigenvalue weighted by Crippen LogP contribution is 2.21. The minimum atomic E-state index is -0.305. The summed E-state index contributed by atoms with van der Waals surface area (Å²) in [5.74, 6) is 1.77. The lowest BCUT2D eigenvalue weighted by molar-refractivity contribution is -0.111. The largest absolute Gasteiger partial charge is 0.281 e. The van der Waals surface area contributed by atoms with Gasteiger partial charge in [0.05, 0.1) is 0 Å². The number of halogens is 1. The SMILES string of the molecule is CC(C)CSc1cccc(CC(=O)Cl)c1. The molecular weight excluding hydrogens is 228 g/mol. The van der Waals surface area contributed by atoms with E-state index in [4.69, 9.17) is 11.6 Å². The first-order chi connectivity index (χ1) is 7.08. The minimum Gasteiger partial charge on any atom is -0.281 e. The predicted octanol–water partition coefficient (Wildman–Crippen LogP) is 3.74. The smallest absolute Gasteiger partial charge is 0.226 e. The normalized spacial score (nSPS) is 10.7. The van der Waals surface area contributed by atoms with Crippen LogP contribution in [0.25, 0.3) is 0 Å². The molecule has 82 valence electrons. The third-order valence-corrected chi connectivity index (χ3v) is 3.38. The van der Waals surface area contributed by atoms with Crippen LogP contribution < -0.4 is 0 Å². The van der Waals surface area contributed by atoms with Gasteiger partial charge in [0.1, 0.15) is 0 Å². The summed E-state index contributed by atoms with van der Waals surface area (Å²) in [5.41, 5.74) is 0.990. The number of thioether (sulfide) groups is 1. The molecule has 0 fully saturated rings. The summed E-state index contributed by atoms with van der Waals surface area (Å²) in [4.78, 5) is 12.0. The molecule has 1 aromatic carbocycles. The second-order valence-electron chi connectivity index (χ2n) is 3.88. The van der Waals surface area contributed by atoms with Crippen molar-refractivity contribution in [3.63, 3.8) is 0 Å². The third kappa shape index (κ3) is 5.24. The topological polar surface area (TPSA) is 17.1 Å². The summed E-state index contributed by atoms with van der Waals surface area (Å²) >= 11 is 7.16. The van der Waals surface area contributed by atoms with Crippen molar-refractivity contribution in [1.29, 1.82) is 0 Å². The van der Waals surface area contributed by atoms with Crippen molar-refractivity contribution in [2.45, 2.75) is 25.2 Å². The van der Waals surface area contributed by atoms with E-state index in [9.17, 15) is 4.79 Å². The van der Waals surface area contributed by atoms with Gasteiger partial charge in [0.2, 0.25) is 5.24 Å². The van der Waals surface area contributed by atoms with Crippen molar-refractivity contribution >= 4 is 28.6 Å². The Labute approximate surface area is 100 Å². The van der Waals surface area contributed by atoms with Gasteiger partial charge in [-0.2, -0.15) is 0 Å². The van der Waals surface area contributed by atoms with Gasteiger partial charge in [-0.3, -0.25) is 4.79 Å². The molecule has 1 nitrogen and oxygen atoms in total. The van der Waals surface area contributed by atoms with Crippen LogP contribution >= 0.6 is 23.4 Å². The van der Waals surface area contributed by atoms with Gasteiger partial charge in [0, 0.05) is 17.1 Å². The zero-order chi connectivity index (χ0) is 11.3. The number of rotatable bonds is 5. The average Bonchev–Trinajstić information content (AvgIpc) is 2.14. The number of carbonyl (C=O) groups excluding carboxylic acids is 1. The Hall–Kier alpha value is -0.470. The maximum atomic E-state index is 10.7. The van der Waals surface area contributed by atoms with E-state index in [2.05, 4.69) is 19.9 Å². The summed E-state index contributed by atoms with van der Waals surface area (Å²) < 4.78 is 0. The van der Waals surface area contributed by atoms with Crippen LogP contribution in [0.3, 0.4) is 0 Å². The Bertz CT molecular complexity index is 336. The maximum absolute atomic E-state index is 10.7. The van der Waals surface area contributed by atoms with Gasteiger partial charge in [-0.05, 0) is 35.2 Å². The first-order valence-corrected chi connectivity index (χ1v) is 6.34.